The Bertz CT molecular complexity index is 291. The molecule has 0 atom stereocenters. The summed E-state index contributed by atoms with van der Waals surface area (Å²) in [7, 11) is 1.18. The van der Waals surface area contributed by atoms with Gasteiger partial charge in [-0.15, -0.1) is 0 Å². The highest BCUT2D eigenvalue weighted by atomic mass is 16.7. The van der Waals surface area contributed by atoms with Gasteiger partial charge in [-0.3, -0.25) is 10.1 Å². The van der Waals surface area contributed by atoms with Crippen LogP contribution in [0.5, 0.6) is 0 Å². The van der Waals surface area contributed by atoms with Gasteiger partial charge in [0.1, 0.15) is 4.92 Å². The minimum atomic E-state index is -1.97. The van der Waals surface area contributed by atoms with Crippen molar-refractivity contribution in [3.05, 3.63) is 15.3 Å². The van der Waals surface area contributed by atoms with E-state index in [2.05, 4.69) is 5.11 Å². The van der Waals surface area contributed by atoms with Crippen LogP contribution in [-0.2, 0) is 9.47 Å². The highest BCUT2D eigenvalue weighted by molar-refractivity contribution is 4.73. The zero-order valence-corrected chi connectivity index (χ0v) is 8.80. The first-order chi connectivity index (χ1) is 6.84. The summed E-state index contributed by atoms with van der Waals surface area (Å²) in [6, 6.07) is 0. The van der Waals surface area contributed by atoms with Gasteiger partial charge in [0.25, 0.3) is 0 Å². The first-order valence-corrected chi connectivity index (χ1v) is 4.33. The lowest BCUT2D eigenvalue weighted by atomic mass is 10.2. The summed E-state index contributed by atoms with van der Waals surface area (Å²) < 4.78 is 10.2. The molecular weight excluding hydrogens is 206 g/mol. The van der Waals surface area contributed by atoms with Gasteiger partial charge in [0, 0.05) is 0 Å². The van der Waals surface area contributed by atoms with E-state index in [0.29, 0.717) is 0 Å². The normalized spacial score (nSPS) is 24.9. The standard InChI is InChI=1S/C7H13N3O5/c1-6(2)14-4-7(5-15-6,10(12)13)9(11)8-3/h4-5H2,1-3H3. The molecule has 8 heteroatoms. The summed E-state index contributed by atoms with van der Waals surface area (Å²) in [5.74, 6) is -0.909. The summed E-state index contributed by atoms with van der Waals surface area (Å²) in [6.45, 7) is 2.53. The van der Waals surface area contributed by atoms with E-state index in [9.17, 15) is 15.3 Å². The van der Waals surface area contributed by atoms with Gasteiger partial charge in [0.05, 0.1) is 7.05 Å². The fraction of sp³-hybridized carbons (Fsp3) is 1.00. The van der Waals surface area contributed by atoms with Crippen LogP contribution in [0.1, 0.15) is 13.8 Å². The van der Waals surface area contributed by atoms with Crippen LogP contribution in [-0.4, -0.2) is 41.5 Å². The molecule has 0 spiro atoms. The third-order valence-corrected chi connectivity index (χ3v) is 2.18. The second-order valence-electron chi connectivity index (χ2n) is 3.69. The second kappa shape index (κ2) is 3.70. The van der Waals surface area contributed by atoms with Crippen molar-refractivity contribution < 1.29 is 19.3 Å². The molecule has 1 aliphatic rings. The number of azo groups is 1. The number of nitro groups is 1. The Morgan fingerprint density at radius 3 is 2.07 bits per heavy atom. The van der Waals surface area contributed by atoms with Crippen LogP contribution in [0.3, 0.4) is 0 Å². The fourth-order valence-corrected chi connectivity index (χ4v) is 1.13. The second-order valence-corrected chi connectivity index (χ2v) is 3.69. The third-order valence-electron chi connectivity index (χ3n) is 2.18. The van der Waals surface area contributed by atoms with Crippen LogP contribution in [0.2, 0.25) is 0 Å². The SMILES string of the molecule is CN=[N+]([O-])C1([N+](=O)[O-])COC(C)(C)OC1. The van der Waals surface area contributed by atoms with Crippen molar-refractivity contribution in [2.24, 2.45) is 5.11 Å². The quantitative estimate of drug-likeness (QED) is 0.219. The molecule has 1 fully saturated rings. The Labute approximate surface area is 86.2 Å². The molecule has 0 aromatic heterocycles. The Balaban J connectivity index is 2.93. The highest BCUT2D eigenvalue weighted by Crippen LogP contribution is 2.26. The fourth-order valence-electron chi connectivity index (χ4n) is 1.13. The van der Waals surface area contributed by atoms with Gasteiger partial charge in [-0.25, -0.2) is 0 Å². The Hall–Kier alpha value is -1.28. The minimum absolute atomic E-state index is 0.0161. The highest BCUT2D eigenvalue weighted by Gasteiger charge is 2.59. The lowest BCUT2D eigenvalue weighted by Crippen LogP contribution is -2.60. The molecule has 0 aliphatic carbocycles. The van der Waals surface area contributed by atoms with Gasteiger partial charge >= 0.3 is 5.66 Å². The lowest BCUT2D eigenvalue weighted by Gasteiger charge is -2.34. The van der Waals surface area contributed by atoms with Gasteiger partial charge < -0.3 is 14.7 Å². The van der Waals surface area contributed by atoms with Gasteiger partial charge in [-0.1, -0.05) is 0 Å². The molecule has 0 saturated carbocycles. The maximum Gasteiger partial charge on any atom is 0.483 e. The summed E-state index contributed by atoms with van der Waals surface area (Å²) in [5, 5.41) is 25.4. The molecule has 0 N–H and O–H groups in total. The zero-order chi connectivity index (χ0) is 11.7. The van der Waals surface area contributed by atoms with Crippen LogP contribution in [0.25, 0.3) is 0 Å². The number of hydroxylamine groups is 1. The van der Waals surface area contributed by atoms with Crippen LogP contribution in [0.15, 0.2) is 5.11 Å². The van der Waals surface area contributed by atoms with E-state index in [4.69, 9.17) is 9.47 Å². The van der Waals surface area contributed by atoms with E-state index in [1.54, 1.807) is 13.8 Å². The maximum absolute atomic E-state index is 11.3. The number of hydrogen-bond acceptors (Lipinski definition) is 6. The van der Waals surface area contributed by atoms with Crippen LogP contribution >= 0.6 is 0 Å². The molecule has 0 aromatic carbocycles. The van der Waals surface area contributed by atoms with Crippen molar-refractivity contribution in [2.75, 3.05) is 20.3 Å². The Morgan fingerprint density at radius 1 is 1.27 bits per heavy atom. The average Bonchev–Trinajstić information content (AvgIpc) is 2.17. The van der Waals surface area contributed by atoms with E-state index in [0.717, 1.165) is 0 Å². The molecule has 8 nitrogen and oxygen atoms in total. The smallest absolute Gasteiger partial charge is 0.483 e. The Morgan fingerprint density at radius 2 is 1.73 bits per heavy atom. The van der Waals surface area contributed by atoms with Crippen molar-refractivity contribution in [3.8, 4) is 0 Å². The average molecular weight is 219 g/mol. The van der Waals surface area contributed by atoms with Crippen LogP contribution in [0.4, 0.5) is 0 Å². The molecule has 1 saturated heterocycles. The summed E-state index contributed by atoms with van der Waals surface area (Å²) in [6.07, 6.45) is 0. The first kappa shape index (κ1) is 11.8. The van der Waals surface area contributed by atoms with Crippen LogP contribution in [0, 0.1) is 15.3 Å². The van der Waals surface area contributed by atoms with E-state index in [1.165, 1.54) is 7.05 Å². The van der Waals surface area contributed by atoms with E-state index < -0.39 is 16.4 Å². The predicted octanol–water partition coefficient (Wildman–Crippen LogP) is 0.335. The van der Waals surface area contributed by atoms with Crippen molar-refractivity contribution in [3.63, 3.8) is 0 Å². The number of nitrogens with zero attached hydrogens (tertiary/aromatic N) is 3. The van der Waals surface area contributed by atoms with Crippen molar-refractivity contribution in [1.29, 1.82) is 0 Å². The molecule has 15 heavy (non-hydrogen) atoms. The maximum atomic E-state index is 11.3. The molecule has 0 aromatic rings. The van der Waals surface area contributed by atoms with Crippen molar-refractivity contribution in [1.82, 2.24) is 0 Å². The van der Waals surface area contributed by atoms with Gasteiger partial charge in [-0.2, -0.15) is 0 Å². The van der Waals surface area contributed by atoms with Crippen LogP contribution < -0.4 is 0 Å². The molecule has 1 rings (SSSR count). The molecule has 86 valence electrons. The van der Waals surface area contributed by atoms with Gasteiger partial charge in [0.2, 0.25) is 0 Å². The molecule has 0 bridgehead atoms. The summed E-state index contributed by atoms with van der Waals surface area (Å²) in [4.78, 5) is 10.1. The lowest BCUT2D eigenvalue weighted by molar-refractivity contribution is -0.826. The van der Waals surface area contributed by atoms with E-state index in [1.807, 2.05) is 0 Å². The topological polar surface area (TPSA) is 100 Å². The van der Waals surface area contributed by atoms with E-state index >= 15 is 0 Å². The van der Waals surface area contributed by atoms with Crippen molar-refractivity contribution >= 4 is 0 Å². The number of hydrogen-bond donors (Lipinski definition) is 0. The summed E-state index contributed by atoms with van der Waals surface area (Å²) >= 11 is 0. The zero-order valence-electron chi connectivity index (χ0n) is 8.80. The number of ether oxygens (including phenoxy) is 2. The molecular formula is C7H13N3O5. The van der Waals surface area contributed by atoms with E-state index in [-0.39, 0.29) is 18.1 Å². The predicted molar refractivity (Wildman–Crippen MR) is 47.7 cm³/mol. The number of rotatable bonds is 2. The van der Waals surface area contributed by atoms with Gasteiger partial charge in [0.15, 0.2) is 19.0 Å². The molecule has 0 amide bonds. The minimum Gasteiger partial charge on any atom is -0.594 e. The molecule has 0 radical (unpaired) electrons. The molecule has 1 aliphatic heterocycles. The van der Waals surface area contributed by atoms with Crippen molar-refractivity contribution in [2.45, 2.75) is 25.3 Å². The molecule has 1 heterocycles. The Kier molecular flexibility index (Phi) is 2.91. The first-order valence-electron chi connectivity index (χ1n) is 4.33. The monoisotopic (exact) mass is 219 g/mol. The summed E-state index contributed by atoms with van der Waals surface area (Å²) in [5.41, 5.74) is -1.97. The third kappa shape index (κ3) is 2.05. The van der Waals surface area contributed by atoms with Gasteiger partial charge in [-0.05, 0) is 23.8 Å². The molecule has 0 unspecified atom stereocenters. The largest absolute Gasteiger partial charge is 0.594 e.